The van der Waals surface area contributed by atoms with Crippen molar-refractivity contribution in [1.82, 2.24) is 0 Å². The van der Waals surface area contributed by atoms with Crippen LogP contribution in [0, 0.1) is 29.1 Å². The first-order valence-corrected chi connectivity index (χ1v) is 5.34. The molecule has 1 atom stereocenters. The Kier molecular flexibility index (Phi) is 4.35. The number of hydrogen-bond acceptors (Lipinski definition) is 2. The fourth-order valence-electron chi connectivity index (χ4n) is 1.01. The van der Waals surface area contributed by atoms with Gasteiger partial charge in [-0.3, -0.25) is 4.21 Å². The lowest BCUT2D eigenvalue weighted by Gasteiger charge is -2.04. The summed E-state index contributed by atoms with van der Waals surface area (Å²) in [5.74, 6) is -11.0. The SMILES string of the molecule is O=S([O-])CC=Cc1c(F)c(F)c(F)c(F)c1F. The second-order valence-corrected chi connectivity index (χ2v) is 3.80. The van der Waals surface area contributed by atoms with E-state index in [1.165, 1.54) is 0 Å². The summed E-state index contributed by atoms with van der Waals surface area (Å²) in [5.41, 5.74) is -1.17. The van der Waals surface area contributed by atoms with Crippen molar-refractivity contribution < 1.29 is 30.7 Å². The van der Waals surface area contributed by atoms with Gasteiger partial charge in [-0.1, -0.05) is 23.2 Å². The molecule has 0 heterocycles. The summed E-state index contributed by atoms with van der Waals surface area (Å²) >= 11 is -2.51. The molecular weight excluding hydrogens is 267 g/mol. The van der Waals surface area contributed by atoms with Crippen LogP contribution in [0.1, 0.15) is 5.56 Å². The molecule has 0 spiro atoms. The summed E-state index contributed by atoms with van der Waals surface area (Å²) in [6.45, 7) is 0. The average molecular weight is 271 g/mol. The van der Waals surface area contributed by atoms with Crippen LogP contribution in [0.3, 0.4) is 0 Å². The number of rotatable bonds is 3. The fourth-order valence-corrected chi connectivity index (χ4v) is 1.27. The van der Waals surface area contributed by atoms with Crippen LogP contribution in [0.4, 0.5) is 22.0 Å². The molecule has 1 unspecified atom stereocenters. The topological polar surface area (TPSA) is 40.1 Å². The molecule has 0 bridgehead atoms. The van der Waals surface area contributed by atoms with Crippen LogP contribution >= 0.6 is 0 Å². The van der Waals surface area contributed by atoms with Crippen molar-refractivity contribution in [2.75, 3.05) is 5.75 Å². The van der Waals surface area contributed by atoms with Gasteiger partial charge in [-0.05, 0) is 0 Å². The predicted molar refractivity (Wildman–Crippen MR) is 49.1 cm³/mol. The van der Waals surface area contributed by atoms with Crippen LogP contribution in [-0.2, 0) is 11.1 Å². The lowest BCUT2D eigenvalue weighted by Crippen LogP contribution is -2.04. The van der Waals surface area contributed by atoms with Crippen LogP contribution in [0.2, 0.25) is 0 Å². The second kappa shape index (κ2) is 5.37. The van der Waals surface area contributed by atoms with Crippen molar-refractivity contribution in [1.29, 1.82) is 0 Å². The first kappa shape index (κ1) is 13.8. The second-order valence-electron chi connectivity index (χ2n) is 2.86. The first-order chi connectivity index (χ1) is 7.86. The van der Waals surface area contributed by atoms with Crippen molar-refractivity contribution in [2.45, 2.75) is 0 Å². The molecule has 17 heavy (non-hydrogen) atoms. The molecular formula is C9H4F5O2S-. The normalized spacial score (nSPS) is 13.3. The monoisotopic (exact) mass is 271 g/mol. The smallest absolute Gasteiger partial charge is 0.200 e. The van der Waals surface area contributed by atoms with Gasteiger partial charge in [-0.25, -0.2) is 22.0 Å². The van der Waals surface area contributed by atoms with Gasteiger partial charge in [0.1, 0.15) is 0 Å². The molecule has 0 fully saturated rings. The molecule has 0 amide bonds. The minimum atomic E-state index is -2.51. The number of benzene rings is 1. The Balaban J connectivity index is 3.25. The number of halogens is 5. The van der Waals surface area contributed by atoms with Gasteiger partial charge < -0.3 is 4.55 Å². The van der Waals surface area contributed by atoms with E-state index in [1.807, 2.05) is 0 Å². The highest BCUT2D eigenvalue weighted by atomic mass is 32.2. The van der Waals surface area contributed by atoms with Gasteiger partial charge in [0.15, 0.2) is 23.3 Å². The maximum Gasteiger partial charge on any atom is 0.200 e. The lowest BCUT2D eigenvalue weighted by molar-refractivity contribution is 0.377. The van der Waals surface area contributed by atoms with Gasteiger partial charge in [0.05, 0.1) is 5.56 Å². The molecule has 1 aromatic carbocycles. The molecule has 0 aromatic heterocycles. The molecule has 0 saturated carbocycles. The zero-order valence-corrected chi connectivity index (χ0v) is 8.79. The van der Waals surface area contributed by atoms with E-state index in [2.05, 4.69) is 0 Å². The van der Waals surface area contributed by atoms with Crippen molar-refractivity contribution in [3.05, 3.63) is 40.7 Å². The Bertz CT molecular complexity index is 472. The van der Waals surface area contributed by atoms with E-state index in [0.29, 0.717) is 6.08 Å². The Hall–Kier alpha value is -1.28. The van der Waals surface area contributed by atoms with E-state index in [-0.39, 0.29) is 0 Å². The third kappa shape index (κ3) is 2.89. The molecule has 0 saturated heterocycles. The summed E-state index contributed by atoms with van der Waals surface area (Å²) in [6, 6.07) is 0. The molecule has 94 valence electrons. The van der Waals surface area contributed by atoms with E-state index in [0.717, 1.165) is 6.08 Å². The van der Waals surface area contributed by atoms with Crippen molar-refractivity contribution in [3.8, 4) is 0 Å². The maximum absolute atomic E-state index is 13.0. The highest BCUT2D eigenvalue weighted by Crippen LogP contribution is 2.23. The zero-order chi connectivity index (χ0) is 13.2. The summed E-state index contributed by atoms with van der Waals surface area (Å²) in [6.07, 6.45) is 1.29. The Morgan fingerprint density at radius 2 is 1.35 bits per heavy atom. The Labute approximate surface area is 95.0 Å². The lowest BCUT2D eigenvalue weighted by atomic mass is 10.1. The van der Waals surface area contributed by atoms with Gasteiger partial charge in [0.2, 0.25) is 5.82 Å². The van der Waals surface area contributed by atoms with Crippen LogP contribution in [0.25, 0.3) is 6.08 Å². The minimum Gasteiger partial charge on any atom is -0.772 e. The highest BCUT2D eigenvalue weighted by molar-refractivity contribution is 7.79. The fraction of sp³-hybridized carbons (Fsp3) is 0.111. The minimum absolute atomic E-state index is 0.520. The van der Waals surface area contributed by atoms with Gasteiger partial charge in [0.25, 0.3) is 0 Å². The summed E-state index contributed by atoms with van der Waals surface area (Å²) in [7, 11) is 0. The van der Waals surface area contributed by atoms with Crippen molar-refractivity contribution in [3.63, 3.8) is 0 Å². The molecule has 0 aliphatic carbocycles. The average Bonchev–Trinajstić information content (AvgIpc) is 2.28. The van der Waals surface area contributed by atoms with E-state index in [9.17, 15) is 30.7 Å². The standard InChI is InChI=1S/C9H5F5O2S/c10-5-4(2-1-3-17(15)16)6(11)8(13)9(14)7(5)12/h1-2H,3H2,(H,15,16)/p-1. The summed E-state index contributed by atoms with van der Waals surface area (Å²) < 4.78 is 84.1. The third-order valence-electron chi connectivity index (χ3n) is 1.76. The molecule has 0 aliphatic rings. The molecule has 8 heteroatoms. The molecule has 1 aromatic rings. The zero-order valence-electron chi connectivity index (χ0n) is 7.98. The molecule has 2 nitrogen and oxygen atoms in total. The number of hydrogen-bond donors (Lipinski definition) is 0. The predicted octanol–water partition coefficient (Wildman–Crippen LogP) is 2.27. The first-order valence-electron chi connectivity index (χ1n) is 4.10. The van der Waals surface area contributed by atoms with Crippen LogP contribution in [0.15, 0.2) is 6.08 Å². The third-order valence-corrected chi connectivity index (χ3v) is 2.23. The van der Waals surface area contributed by atoms with E-state index >= 15 is 0 Å². The van der Waals surface area contributed by atoms with Crippen LogP contribution in [-0.4, -0.2) is 14.5 Å². The van der Waals surface area contributed by atoms with Crippen molar-refractivity contribution in [2.24, 2.45) is 0 Å². The summed E-state index contributed by atoms with van der Waals surface area (Å²) in [4.78, 5) is 0. The Morgan fingerprint density at radius 3 is 1.76 bits per heavy atom. The largest absolute Gasteiger partial charge is 0.772 e. The molecule has 1 rings (SSSR count). The van der Waals surface area contributed by atoms with Crippen LogP contribution in [0.5, 0.6) is 0 Å². The van der Waals surface area contributed by atoms with E-state index in [1.54, 1.807) is 0 Å². The van der Waals surface area contributed by atoms with Gasteiger partial charge in [0, 0.05) is 5.75 Å². The van der Waals surface area contributed by atoms with Crippen molar-refractivity contribution >= 4 is 17.2 Å². The van der Waals surface area contributed by atoms with Gasteiger partial charge >= 0.3 is 0 Å². The van der Waals surface area contributed by atoms with Crippen LogP contribution < -0.4 is 0 Å². The van der Waals surface area contributed by atoms with Gasteiger partial charge in [-0.2, -0.15) is 0 Å². The van der Waals surface area contributed by atoms with Gasteiger partial charge in [-0.15, -0.1) is 0 Å². The highest BCUT2D eigenvalue weighted by Gasteiger charge is 2.23. The quantitative estimate of drug-likeness (QED) is 0.366. The molecule has 0 N–H and O–H groups in total. The molecule has 0 aliphatic heterocycles. The van der Waals surface area contributed by atoms with E-state index in [4.69, 9.17) is 0 Å². The molecule has 0 radical (unpaired) electrons. The maximum atomic E-state index is 13.0. The van der Waals surface area contributed by atoms with E-state index < -0.39 is 51.5 Å². The summed E-state index contributed by atoms with van der Waals surface area (Å²) in [5, 5.41) is 0. The Morgan fingerprint density at radius 1 is 0.941 bits per heavy atom.